The molecule has 0 bridgehead atoms. The summed E-state index contributed by atoms with van der Waals surface area (Å²) in [6, 6.07) is 17.8. The van der Waals surface area contributed by atoms with Crippen LogP contribution >= 0.6 is 0 Å². The zero-order valence-electron chi connectivity index (χ0n) is 25.3. The summed E-state index contributed by atoms with van der Waals surface area (Å²) in [5, 5.41) is 0.280. The van der Waals surface area contributed by atoms with E-state index in [0.29, 0.717) is 7.25 Å². The molecule has 2 aliphatic rings. The fraction of sp³-hybridized carbons (Fsp3) is 0.438. The van der Waals surface area contributed by atoms with E-state index in [1.807, 2.05) is 0 Å². The Morgan fingerprint density at radius 3 is 1.31 bits per heavy atom. The number of halogens is 2. The smallest absolute Gasteiger partial charge is 1.00 e. The van der Waals surface area contributed by atoms with E-state index in [4.69, 9.17) is 8.85 Å². The molecule has 211 valence electrons. The van der Waals surface area contributed by atoms with Crippen LogP contribution in [0.1, 0.15) is 71.0 Å². The van der Waals surface area contributed by atoms with Crippen molar-refractivity contribution in [2.24, 2.45) is 0 Å². The molecule has 2 atom stereocenters. The van der Waals surface area contributed by atoms with E-state index in [-0.39, 0.29) is 34.9 Å². The van der Waals surface area contributed by atoms with Gasteiger partial charge in [-0.3, -0.25) is 0 Å². The summed E-state index contributed by atoms with van der Waals surface area (Å²) in [6.45, 7) is 27.9. The first-order valence-electron chi connectivity index (χ1n) is 13.6. The first-order valence-corrected chi connectivity index (χ1v) is 23.6. The van der Waals surface area contributed by atoms with Gasteiger partial charge in [-0.05, 0) is 0 Å². The Balaban J connectivity index is 0.00000267. The van der Waals surface area contributed by atoms with Crippen LogP contribution in [-0.4, -0.2) is 16.6 Å². The molecular formula is C32H45Cl2O2Si2Zr. The second-order valence-electron chi connectivity index (χ2n) is 13.6. The van der Waals surface area contributed by atoms with Crippen molar-refractivity contribution in [1.29, 1.82) is 0 Å². The van der Waals surface area contributed by atoms with Gasteiger partial charge in [0.25, 0.3) is 0 Å². The van der Waals surface area contributed by atoms with Crippen molar-refractivity contribution in [3.05, 3.63) is 92.7 Å². The summed E-state index contributed by atoms with van der Waals surface area (Å²) in [4.78, 5) is 0. The third-order valence-corrected chi connectivity index (χ3v) is 25.1. The third-order valence-electron chi connectivity index (χ3n) is 9.04. The molecule has 0 saturated carbocycles. The van der Waals surface area contributed by atoms with Crippen LogP contribution in [0, 0.1) is 0 Å². The third kappa shape index (κ3) is 6.64. The van der Waals surface area contributed by atoms with Gasteiger partial charge in [0.15, 0.2) is 0 Å². The summed E-state index contributed by atoms with van der Waals surface area (Å²) >= 11 is -2.56. The molecule has 0 amide bonds. The van der Waals surface area contributed by atoms with E-state index < -0.39 is 38.4 Å². The van der Waals surface area contributed by atoms with E-state index in [1.165, 1.54) is 33.8 Å². The largest absolute Gasteiger partial charge is 1.00 e. The topological polar surface area (TPSA) is 18.5 Å². The van der Waals surface area contributed by atoms with Crippen LogP contribution in [0.15, 0.2) is 70.4 Å². The van der Waals surface area contributed by atoms with Crippen LogP contribution < -0.4 is 24.8 Å². The van der Waals surface area contributed by atoms with Crippen LogP contribution in [0.25, 0.3) is 12.2 Å². The number of allylic oxidation sites excluding steroid dienone is 2. The maximum atomic E-state index is 7.13. The Morgan fingerprint density at radius 2 is 1.00 bits per heavy atom. The van der Waals surface area contributed by atoms with Gasteiger partial charge in [0, 0.05) is 0 Å². The molecule has 2 unspecified atom stereocenters. The van der Waals surface area contributed by atoms with E-state index in [9.17, 15) is 0 Å². The zero-order valence-corrected chi connectivity index (χ0v) is 31.3. The normalized spacial score (nSPS) is 18.5. The number of hydrogen-bond donors (Lipinski definition) is 0. The minimum Gasteiger partial charge on any atom is -1.00 e. The quantitative estimate of drug-likeness (QED) is 0.413. The fourth-order valence-corrected chi connectivity index (χ4v) is 14.8. The van der Waals surface area contributed by atoms with Gasteiger partial charge in [-0.2, -0.15) is 0 Å². The van der Waals surface area contributed by atoms with Crippen LogP contribution in [0.3, 0.4) is 0 Å². The molecule has 0 N–H and O–H groups in total. The monoisotopic (exact) mass is 677 g/mol. The van der Waals surface area contributed by atoms with Crippen LogP contribution in [0.5, 0.6) is 0 Å². The molecule has 0 aromatic heterocycles. The molecule has 0 aliphatic heterocycles. The maximum absolute atomic E-state index is 7.13. The summed E-state index contributed by atoms with van der Waals surface area (Å²) in [5.74, 6) is 2.36. The minimum absolute atomic E-state index is 0. The molecule has 39 heavy (non-hydrogen) atoms. The Hall–Kier alpha value is -0.843. The Morgan fingerprint density at radius 1 is 0.667 bits per heavy atom. The average molecular weight is 680 g/mol. The van der Waals surface area contributed by atoms with Crippen LogP contribution in [0.2, 0.25) is 36.3 Å². The first kappa shape index (κ1) is 34.4. The summed E-state index contributed by atoms with van der Waals surface area (Å²) < 4.78 is 17.2. The second kappa shape index (κ2) is 12.2. The Kier molecular flexibility index (Phi) is 10.7. The molecule has 2 aliphatic carbocycles. The van der Waals surface area contributed by atoms with Gasteiger partial charge in [-0.15, -0.1) is 0 Å². The van der Waals surface area contributed by atoms with Gasteiger partial charge in [-0.1, -0.05) is 0 Å². The van der Waals surface area contributed by atoms with Crippen LogP contribution in [0.4, 0.5) is 0 Å². The summed E-state index contributed by atoms with van der Waals surface area (Å²) in [7, 11) is -4.02. The van der Waals surface area contributed by atoms with Crippen molar-refractivity contribution < 1.29 is 55.4 Å². The molecule has 2 nitrogen and oxygen atoms in total. The van der Waals surface area contributed by atoms with Gasteiger partial charge >= 0.3 is 237 Å². The minimum atomic E-state index is -2.56. The zero-order chi connectivity index (χ0) is 27.4. The molecule has 0 fully saturated rings. The van der Waals surface area contributed by atoms with Crippen molar-refractivity contribution in [1.82, 2.24) is 0 Å². The van der Waals surface area contributed by atoms with Crippen molar-refractivity contribution >= 4 is 28.8 Å². The van der Waals surface area contributed by atoms with Crippen molar-refractivity contribution in [3.63, 3.8) is 0 Å². The molecule has 0 radical (unpaired) electrons. The van der Waals surface area contributed by atoms with E-state index >= 15 is 0 Å². The molecule has 2 aromatic carbocycles. The van der Waals surface area contributed by atoms with Crippen LogP contribution in [-0.2, 0) is 30.6 Å². The van der Waals surface area contributed by atoms with Gasteiger partial charge < -0.3 is 24.8 Å². The molecule has 0 heterocycles. The SMILES string of the molecule is C=[CH][Zr+2]([CH]1C(O[Si](C)(C)C(C)(C)C)=Cc2ccccc21)[CH]1C(O[Si](C)(C)C(C)(C)C)=Cc2ccccc21.[Cl-].[Cl-]. The molecular weight excluding hydrogens is 635 g/mol. The van der Waals surface area contributed by atoms with Crippen molar-refractivity contribution in [2.75, 3.05) is 0 Å². The molecule has 0 spiro atoms. The number of rotatable bonds is 7. The summed E-state index contributed by atoms with van der Waals surface area (Å²) in [5.41, 5.74) is 5.45. The maximum Gasteiger partial charge on any atom is -1.00 e. The van der Waals surface area contributed by atoms with E-state index in [0.717, 1.165) is 0 Å². The fourth-order valence-electron chi connectivity index (χ4n) is 4.75. The van der Waals surface area contributed by atoms with E-state index in [2.05, 4.69) is 139 Å². The molecule has 2 aromatic rings. The Bertz CT molecular complexity index is 1160. The molecule has 7 heteroatoms. The standard InChI is InChI=1S/2C15H21OSi.C2H3.2ClH.Zr/c2*1-15(2,3)17(4,5)16-14-10-12-8-6-7-9-13(12)11-14;1-2;;;/h2*6-11H,1-5H3;1H,2H2;2*1H;/q;;;;;+2/p-2. The Labute approximate surface area is 260 Å². The number of hydrogen-bond acceptors (Lipinski definition) is 2. The van der Waals surface area contributed by atoms with Gasteiger partial charge in [0.2, 0.25) is 0 Å². The average Bonchev–Trinajstić information content (AvgIpc) is 3.31. The molecule has 0 saturated heterocycles. The number of fused-ring (bicyclic) bond motifs is 2. The van der Waals surface area contributed by atoms with E-state index in [1.54, 1.807) is 0 Å². The second-order valence-corrected chi connectivity index (χ2v) is 29.4. The first-order chi connectivity index (χ1) is 17.1. The van der Waals surface area contributed by atoms with Gasteiger partial charge in [0.05, 0.1) is 0 Å². The van der Waals surface area contributed by atoms with Crippen molar-refractivity contribution in [3.8, 4) is 0 Å². The van der Waals surface area contributed by atoms with Crippen molar-refractivity contribution in [2.45, 2.75) is 85.1 Å². The van der Waals surface area contributed by atoms with Gasteiger partial charge in [0.1, 0.15) is 0 Å². The van der Waals surface area contributed by atoms with Gasteiger partial charge in [-0.25, -0.2) is 0 Å². The predicted molar refractivity (Wildman–Crippen MR) is 161 cm³/mol. The predicted octanol–water partition coefficient (Wildman–Crippen LogP) is 3.99. The molecule has 4 rings (SSSR count). The summed E-state index contributed by atoms with van der Waals surface area (Å²) in [6.07, 6.45) is 4.67. The number of benzene rings is 2.